The zero-order chi connectivity index (χ0) is 18.6. The molecule has 142 valence electrons. The summed E-state index contributed by atoms with van der Waals surface area (Å²) in [5, 5.41) is 2.60. The molecule has 0 aromatic heterocycles. The van der Waals surface area contributed by atoms with E-state index in [-0.39, 0.29) is 36.0 Å². The maximum atomic E-state index is 12.8. The number of carbonyl (C=O) groups excluding carboxylic acids is 1. The minimum absolute atomic E-state index is 0.0137. The Labute approximate surface area is 151 Å². The number of ether oxygens (including phenoxy) is 4. The van der Waals surface area contributed by atoms with Crippen molar-refractivity contribution < 1.29 is 32.2 Å². The monoisotopic (exact) mass is 384 g/mol. The zero-order valence-corrected chi connectivity index (χ0v) is 15.1. The van der Waals surface area contributed by atoms with Gasteiger partial charge < -0.3 is 24.3 Å². The second-order valence-electron chi connectivity index (χ2n) is 5.53. The molecule has 1 fully saturated rings. The van der Waals surface area contributed by atoms with Crippen molar-refractivity contribution in [3.8, 4) is 5.75 Å². The minimum atomic E-state index is -3.69. The number of benzene rings is 1. The molecule has 1 N–H and O–H groups in total. The van der Waals surface area contributed by atoms with E-state index in [1.807, 2.05) is 0 Å². The predicted molar refractivity (Wildman–Crippen MR) is 91.2 cm³/mol. The third-order valence-corrected chi connectivity index (χ3v) is 5.79. The van der Waals surface area contributed by atoms with E-state index < -0.39 is 15.9 Å². The number of hydrogen-bond acceptors (Lipinski definition) is 7. The van der Waals surface area contributed by atoms with Crippen LogP contribution in [0, 0.1) is 0 Å². The van der Waals surface area contributed by atoms with Crippen LogP contribution in [-0.2, 0) is 29.0 Å². The molecule has 0 radical (unpaired) electrons. The van der Waals surface area contributed by atoms with E-state index in [2.05, 4.69) is 5.32 Å². The van der Waals surface area contributed by atoms with Crippen LogP contribution in [0.15, 0.2) is 35.1 Å². The maximum Gasteiger partial charge on any atom is 0.294 e. The third-order valence-electron chi connectivity index (χ3n) is 3.90. The van der Waals surface area contributed by atoms with Gasteiger partial charge in [-0.2, -0.15) is 4.31 Å². The SMILES string of the molecule is COc1ccc(S(=O)(=O)N2CCOCC2)cc1NC(=O)C1=COCCO1. The molecule has 10 heteroatoms. The molecule has 0 bridgehead atoms. The molecule has 1 aromatic rings. The van der Waals surface area contributed by atoms with Crippen molar-refractivity contribution in [1.82, 2.24) is 4.31 Å². The highest BCUT2D eigenvalue weighted by Gasteiger charge is 2.27. The summed E-state index contributed by atoms with van der Waals surface area (Å²) >= 11 is 0. The van der Waals surface area contributed by atoms with E-state index in [1.165, 1.54) is 35.9 Å². The molecule has 0 atom stereocenters. The number of nitrogens with one attached hydrogen (secondary N) is 1. The van der Waals surface area contributed by atoms with Crippen LogP contribution in [0.3, 0.4) is 0 Å². The predicted octanol–water partition coefficient (Wildman–Crippen LogP) is 0.543. The van der Waals surface area contributed by atoms with Gasteiger partial charge in [0.25, 0.3) is 5.91 Å². The Balaban J connectivity index is 1.86. The topological polar surface area (TPSA) is 103 Å². The molecule has 0 saturated carbocycles. The summed E-state index contributed by atoms with van der Waals surface area (Å²) in [5.74, 6) is -0.208. The highest BCUT2D eigenvalue weighted by atomic mass is 32.2. The Morgan fingerprint density at radius 3 is 2.62 bits per heavy atom. The van der Waals surface area contributed by atoms with Gasteiger partial charge in [-0.1, -0.05) is 0 Å². The van der Waals surface area contributed by atoms with Crippen LogP contribution in [0.2, 0.25) is 0 Å². The van der Waals surface area contributed by atoms with Gasteiger partial charge in [-0.05, 0) is 18.2 Å². The molecule has 0 aliphatic carbocycles. The van der Waals surface area contributed by atoms with Crippen molar-refractivity contribution in [2.24, 2.45) is 0 Å². The lowest BCUT2D eigenvalue weighted by Crippen LogP contribution is -2.40. The van der Waals surface area contributed by atoms with Crippen LogP contribution in [-0.4, -0.2) is 65.3 Å². The highest BCUT2D eigenvalue weighted by Crippen LogP contribution is 2.29. The zero-order valence-electron chi connectivity index (χ0n) is 14.3. The standard InChI is InChI=1S/C16H20N2O7S/c1-22-14-3-2-12(26(20,21)18-4-6-23-7-5-18)10-13(14)17-16(19)15-11-24-8-9-25-15/h2-3,10-11H,4-9H2,1H3,(H,17,19). The van der Waals surface area contributed by atoms with Gasteiger partial charge in [-0.25, -0.2) is 8.42 Å². The highest BCUT2D eigenvalue weighted by molar-refractivity contribution is 7.89. The first-order chi connectivity index (χ1) is 12.5. The molecule has 1 amide bonds. The van der Waals surface area contributed by atoms with Crippen molar-refractivity contribution in [3.63, 3.8) is 0 Å². The molecule has 1 saturated heterocycles. The second kappa shape index (κ2) is 7.94. The third kappa shape index (κ3) is 3.92. The molecule has 26 heavy (non-hydrogen) atoms. The van der Waals surface area contributed by atoms with Gasteiger partial charge in [-0.15, -0.1) is 0 Å². The number of morpholine rings is 1. The number of amides is 1. The fourth-order valence-corrected chi connectivity index (χ4v) is 3.99. The summed E-state index contributed by atoms with van der Waals surface area (Å²) in [5.41, 5.74) is 0.224. The summed E-state index contributed by atoms with van der Waals surface area (Å²) in [7, 11) is -2.26. The molecule has 1 aromatic carbocycles. The first-order valence-corrected chi connectivity index (χ1v) is 9.48. The molecule has 0 unspecified atom stereocenters. The molecule has 0 spiro atoms. The molecular formula is C16H20N2O7S. The average molecular weight is 384 g/mol. The second-order valence-corrected chi connectivity index (χ2v) is 7.47. The van der Waals surface area contributed by atoms with E-state index >= 15 is 0 Å². The van der Waals surface area contributed by atoms with E-state index in [0.29, 0.717) is 25.6 Å². The largest absolute Gasteiger partial charge is 0.495 e. The quantitative estimate of drug-likeness (QED) is 0.790. The number of carbonyl (C=O) groups is 1. The maximum absolute atomic E-state index is 12.8. The summed E-state index contributed by atoms with van der Waals surface area (Å²) in [4.78, 5) is 12.3. The van der Waals surface area contributed by atoms with Crippen molar-refractivity contribution in [1.29, 1.82) is 0 Å². The van der Waals surface area contributed by atoms with Crippen molar-refractivity contribution in [2.75, 3.05) is 51.9 Å². The molecular weight excluding hydrogens is 364 g/mol. The number of rotatable bonds is 5. The first-order valence-electron chi connectivity index (χ1n) is 8.04. The molecule has 2 aliphatic rings. The smallest absolute Gasteiger partial charge is 0.294 e. The van der Waals surface area contributed by atoms with Gasteiger partial charge in [0.1, 0.15) is 25.2 Å². The van der Waals surface area contributed by atoms with Crippen LogP contribution in [0.1, 0.15) is 0 Å². The Kier molecular flexibility index (Phi) is 5.64. The minimum Gasteiger partial charge on any atom is -0.495 e. The fourth-order valence-electron chi connectivity index (χ4n) is 2.55. The average Bonchev–Trinajstić information content (AvgIpc) is 2.69. The van der Waals surface area contributed by atoms with Gasteiger partial charge >= 0.3 is 0 Å². The summed E-state index contributed by atoms with van der Waals surface area (Å²) in [6.45, 7) is 1.91. The Bertz CT molecular complexity index is 801. The van der Waals surface area contributed by atoms with E-state index in [9.17, 15) is 13.2 Å². The van der Waals surface area contributed by atoms with Crippen LogP contribution < -0.4 is 10.1 Å². The van der Waals surface area contributed by atoms with Crippen LogP contribution in [0.5, 0.6) is 5.75 Å². The Hall–Kier alpha value is -2.30. The normalized spacial score (nSPS) is 18.3. The van der Waals surface area contributed by atoms with E-state index in [4.69, 9.17) is 18.9 Å². The van der Waals surface area contributed by atoms with Gasteiger partial charge in [-0.3, -0.25) is 4.79 Å². The number of anilines is 1. The number of methoxy groups -OCH3 is 1. The van der Waals surface area contributed by atoms with Crippen LogP contribution in [0.25, 0.3) is 0 Å². The lowest BCUT2D eigenvalue weighted by atomic mass is 10.3. The molecule has 9 nitrogen and oxygen atoms in total. The first kappa shape index (κ1) is 18.5. The molecule has 3 rings (SSSR count). The van der Waals surface area contributed by atoms with Crippen LogP contribution >= 0.6 is 0 Å². The van der Waals surface area contributed by atoms with Crippen LogP contribution in [0.4, 0.5) is 5.69 Å². The lowest BCUT2D eigenvalue weighted by molar-refractivity contribution is -0.117. The number of hydrogen-bond donors (Lipinski definition) is 1. The van der Waals surface area contributed by atoms with Crippen molar-refractivity contribution >= 4 is 21.6 Å². The van der Waals surface area contributed by atoms with Gasteiger partial charge in [0.05, 0.1) is 30.9 Å². The summed E-state index contributed by atoms with van der Waals surface area (Å²) in [6.07, 6.45) is 1.22. The van der Waals surface area contributed by atoms with Crippen molar-refractivity contribution in [2.45, 2.75) is 4.90 Å². The van der Waals surface area contributed by atoms with E-state index in [1.54, 1.807) is 0 Å². The van der Waals surface area contributed by atoms with Crippen molar-refractivity contribution in [3.05, 3.63) is 30.2 Å². The number of nitrogens with zero attached hydrogens (tertiary/aromatic N) is 1. The molecule has 2 heterocycles. The lowest BCUT2D eigenvalue weighted by Gasteiger charge is -2.26. The number of sulfonamides is 1. The van der Waals surface area contributed by atoms with Gasteiger partial charge in [0.15, 0.2) is 0 Å². The molecule has 2 aliphatic heterocycles. The van der Waals surface area contributed by atoms with Gasteiger partial charge in [0.2, 0.25) is 15.8 Å². The summed E-state index contributed by atoms with van der Waals surface area (Å²) < 4.78 is 47.6. The Morgan fingerprint density at radius 1 is 1.19 bits per heavy atom. The van der Waals surface area contributed by atoms with E-state index in [0.717, 1.165) is 0 Å². The Morgan fingerprint density at radius 2 is 1.96 bits per heavy atom. The summed E-state index contributed by atoms with van der Waals surface area (Å²) in [6, 6.07) is 4.31. The fraction of sp³-hybridized carbons (Fsp3) is 0.438. The van der Waals surface area contributed by atoms with Gasteiger partial charge in [0, 0.05) is 13.1 Å².